The molecule has 4 rings (SSSR count). The number of benzene rings is 1. The summed E-state index contributed by atoms with van der Waals surface area (Å²) < 4.78 is 5.04. The van der Waals surface area contributed by atoms with E-state index in [-0.39, 0.29) is 11.9 Å². The molecule has 0 radical (unpaired) electrons. The summed E-state index contributed by atoms with van der Waals surface area (Å²) >= 11 is 0. The number of hydrogen-bond donors (Lipinski definition) is 0. The Morgan fingerprint density at radius 2 is 1.60 bits per heavy atom. The highest BCUT2D eigenvalue weighted by Crippen LogP contribution is 2.25. The molecular formula is C23H34N4O3. The molecule has 0 bridgehead atoms. The third kappa shape index (κ3) is 4.95. The fourth-order valence-corrected chi connectivity index (χ4v) is 4.57. The summed E-state index contributed by atoms with van der Waals surface area (Å²) in [5, 5.41) is 0. The second-order valence-electron chi connectivity index (χ2n) is 8.53. The van der Waals surface area contributed by atoms with Gasteiger partial charge in [0.2, 0.25) is 5.91 Å². The maximum atomic E-state index is 12.7. The number of anilines is 1. The van der Waals surface area contributed by atoms with Gasteiger partial charge in [-0.15, -0.1) is 0 Å². The van der Waals surface area contributed by atoms with E-state index in [4.69, 9.17) is 4.74 Å². The molecule has 30 heavy (non-hydrogen) atoms. The third-order valence-corrected chi connectivity index (χ3v) is 6.73. The van der Waals surface area contributed by atoms with E-state index in [1.165, 1.54) is 19.3 Å². The highest BCUT2D eigenvalue weighted by Gasteiger charge is 2.30. The molecule has 2 aliphatic heterocycles. The first-order valence-corrected chi connectivity index (χ1v) is 11.4. The molecule has 7 heteroatoms. The first-order valence-electron chi connectivity index (χ1n) is 11.4. The number of carbonyl (C=O) groups is 2. The predicted octanol–water partition coefficient (Wildman–Crippen LogP) is 1.68. The Morgan fingerprint density at radius 3 is 2.17 bits per heavy atom. The van der Waals surface area contributed by atoms with Crippen LogP contribution in [0.1, 0.15) is 36.5 Å². The maximum Gasteiger partial charge on any atom is 0.338 e. The van der Waals surface area contributed by atoms with Gasteiger partial charge < -0.3 is 14.5 Å². The van der Waals surface area contributed by atoms with E-state index in [1.54, 1.807) is 0 Å². The van der Waals surface area contributed by atoms with Crippen molar-refractivity contribution >= 4 is 17.6 Å². The Bertz CT molecular complexity index is 718. The molecule has 1 aromatic carbocycles. The quantitative estimate of drug-likeness (QED) is 0.661. The molecule has 2 saturated heterocycles. The fourth-order valence-electron chi connectivity index (χ4n) is 4.57. The third-order valence-electron chi connectivity index (χ3n) is 6.73. The lowest BCUT2D eigenvalue weighted by atomic mass is 9.91. The van der Waals surface area contributed by atoms with Crippen LogP contribution in [-0.2, 0) is 9.53 Å². The summed E-state index contributed by atoms with van der Waals surface area (Å²) in [7, 11) is 0. The lowest BCUT2D eigenvalue weighted by molar-refractivity contribution is -0.134. The predicted molar refractivity (Wildman–Crippen MR) is 117 cm³/mol. The van der Waals surface area contributed by atoms with Crippen molar-refractivity contribution in [2.24, 2.45) is 0 Å². The Morgan fingerprint density at radius 1 is 0.933 bits per heavy atom. The number of piperazine rings is 2. The first-order chi connectivity index (χ1) is 14.6. The van der Waals surface area contributed by atoms with Gasteiger partial charge in [-0.3, -0.25) is 14.6 Å². The number of esters is 1. The molecule has 0 atom stereocenters. The zero-order chi connectivity index (χ0) is 20.9. The van der Waals surface area contributed by atoms with Crippen LogP contribution in [0, 0.1) is 0 Å². The van der Waals surface area contributed by atoms with E-state index < -0.39 is 0 Å². The monoisotopic (exact) mass is 414 g/mol. The van der Waals surface area contributed by atoms with Crippen LogP contribution in [0.3, 0.4) is 0 Å². The van der Waals surface area contributed by atoms with Crippen LogP contribution >= 0.6 is 0 Å². The van der Waals surface area contributed by atoms with Crippen molar-refractivity contribution in [2.75, 3.05) is 70.4 Å². The SMILES string of the molecule is CCOC(=O)c1ccc(N2CCN(CC(=O)N3CCN(C4CCC4)CC3)CC2)cc1. The summed E-state index contributed by atoms with van der Waals surface area (Å²) in [5.74, 6) is -0.00333. The Hall–Kier alpha value is -2.12. The maximum absolute atomic E-state index is 12.7. The minimum Gasteiger partial charge on any atom is -0.462 e. The lowest BCUT2D eigenvalue weighted by Crippen LogP contribution is -2.56. The Kier molecular flexibility index (Phi) is 6.89. The van der Waals surface area contributed by atoms with E-state index in [2.05, 4.69) is 19.6 Å². The summed E-state index contributed by atoms with van der Waals surface area (Å²) in [5.41, 5.74) is 1.70. The van der Waals surface area contributed by atoms with Gasteiger partial charge >= 0.3 is 5.97 Å². The normalized spacial score (nSPS) is 21.4. The molecule has 2 heterocycles. The highest BCUT2D eigenvalue weighted by molar-refractivity contribution is 5.89. The summed E-state index contributed by atoms with van der Waals surface area (Å²) in [6.07, 6.45) is 4.04. The second-order valence-corrected chi connectivity index (χ2v) is 8.53. The van der Waals surface area contributed by atoms with Gasteiger partial charge in [0.1, 0.15) is 0 Å². The average Bonchev–Trinajstić information content (AvgIpc) is 2.74. The molecular weight excluding hydrogens is 380 g/mol. The lowest BCUT2D eigenvalue weighted by Gasteiger charge is -2.43. The van der Waals surface area contributed by atoms with E-state index >= 15 is 0 Å². The fraction of sp³-hybridized carbons (Fsp3) is 0.652. The number of amides is 1. The van der Waals surface area contributed by atoms with Crippen LogP contribution in [0.4, 0.5) is 5.69 Å². The van der Waals surface area contributed by atoms with Gasteiger partial charge in [-0.2, -0.15) is 0 Å². The van der Waals surface area contributed by atoms with E-state index in [0.29, 0.717) is 18.7 Å². The standard InChI is InChI=1S/C23H34N4O3/c1-2-30-23(29)19-6-8-21(9-7-19)25-12-10-24(11-13-25)18-22(28)27-16-14-26(15-17-27)20-4-3-5-20/h6-9,20H,2-5,10-18H2,1H3. The van der Waals surface area contributed by atoms with Crippen molar-refractivity contribution in [3.63, 3.8) is 0 Å². The van der Waals surface area contributed by atoms with Crippen molar-refractivity contribution in [3.8, 4) is 0 Å². The molecule has 3 aliphatic rings. The minimum absolute atomic E-state index is 0.274. The van der Waals surface area contributed by atoms with Gasteiger partial charge in [0.15, 0.2) is 0 Å². The summed E-state index contributed by atoms with van der Waals surface area (Å²) in [4.78, 5) is 33.7. The molecule has 164 valence electrons. The highest BCUT2D eigenvalue weighted by atomic mass is 16.5. The van der Waals surface area contributed by atoms with Gasteiger partial charge in [0.05, 0.1) is 18.7 Å². The summed E-state index contributed by atoms with van der Waals surface area (Å²) in [6, 6.07) is 8.39. The smallest absolute Gasteiger partial charge is 0.338 e. The van der Waals surface area contributed by atoms with Crippen LogP contribution in [-0.4, -0.2) is 98.1 Å². The number of nitrogens with zero attached hydrogens (tertiary/aromatic N) is 4. The molecule has 7 nitrogen and oxygen atoms in total. The largest absolute Gasteiger partial charge is 0.462 e. The summed E-state index contributed by atoms with van der Waals surface area (Å²) in [6.45, 7) is 10.1. The van der Waals surface area contributed by atoms with Crippen LogP contribution in [0.5, 0.6) is 0 Å². The van der Waals surface area contributed by atoms with Gasteiger partial charge in [-0.25, -0.2) is 4.79 Å². The van der Waals surface area contributed by atoms with Crippen LogP contribution in [0.15, 0.2) is 24.3 Å². The molecule has 1 aliphatic carbocycles. The van der Waals surface area contributed by atoms with Crippen molar-refractivity contribution in [3.05, 3.63) is 29.8 Å². The van der Waals surface area contributed by atoms with E-state index in [0.717, 1.165) is 64.1 Å². The molecule has 1 aromatic rings. The topological polar surface area (TPSA) is 56.3 Å². The Balaban J connectivity index is 1.20. The number of ether oxygens (including phenoxy) is 1. The van der Waals surface area contributed by atoms with Crippen LogP contribution < -0.4 is 4.90 Å². The van der Waals surface area contributed by atoms with E-state index in [1.807, 2.05) is 31.2 Å². The van der Waals surface area contributed by atoms with Crippen molar-refractivity contribution in [2.45, 2.75) is 32.2 Å². The number of hydrogen-bond acceptors (Lipinski definition) is 6. The van der Waals surface area contributed by atoms with Crippen LogP contribution in [0.25, 0.3) is 0 Å². The molecule has 1 amide bonds. The first kappa shape index (κ1) is 21.1. The number of carbonyl (C=O) groups excluding carboxylic acids is 2. The second kappa shape index (κ2) is 9.79. The molecule has 0 aromatic heterocycles. The zero-order valence-corrected chi connectivity index (χ0v) is 18.1. The minimum atomic E-state index is -0.277. The Labute approximate surface area is 179 Å². The average molecular weight is 415 g/mol. The zero-order valence-electron chi connectivity index (χ0n) is 18.1. The van der Waals surface area contributed by atoms with Gasteiger partial charge in [-0.05, 0) is 44.0 Å². The van der Waals surface area contributed by atoms with Gasteiger partial charge in [0, 0.05) is 64.1 Å². The molecule has 3 fully saturated rings. The van der Waals surface area contributed by atoms with E-state index in [9.17, 15) is 9.59 Å². The van der Waals surface area contributed by atoms with Gasteiger partial charge in [-0.1, -0.05) is 6.42 Å². The molecule has 0 spiro atoms. The van der Waals surface area contributed by atoms with Crippen molar-refractivity contribution < 1.29 is 14.3 Å². The van der Waals surface area contributed by atoms with Crippen LogP contribution in [0.2, 0.25) is 0 Å². The molecule has 1 saturated carbocycles. The van der Waals surface area contributed by atoms with Gasteiger partial charge in [0.25, 0.3) is 0 Å². The van der Waals surface area contributed by atoms with Crippen molar-refractivity contribution in [1.82, 2.24) is 14.7 Å². The molecule has 0 unspecified atom stereocenters. The van der Waals surface area contributed by atoms with Crippen molar-refractivity contribution in [1.29, 1.82) is 0 Å². The molecule has 0 N–H and O–H groups in total. The number of rotatable bonds is 6.